The summed E-state index contributed by atoms with van der Waals surface area (Å²) < 4.78 is 26.2. The highest BCUT2D eigenvalue weighted by Crippen LogP contribution is 2.40. The van der Waals surface area contributed by atoms with Crippen LogP contribution < -0.4 is 0 Å². The lowest BCUT2D eigenvalue weighted by molar-refractivity contribution is -0.0671. The van der Waals surface area contributed by atoms with Gasteiger partial charge in [-0.05, 0) is 42.5 Å². The third-order valence-corrected chi connectivity index (χ3v) is 2.98. The Hall–Kier alpha value is -0.960. The fraction of sp³-hybridized carbons (Fsp3) is 0.500. The van der Waals surface area contributed by atoms with Crippen LogP contribution in [0.4, 0.5) is 8.78 Å². The maximum Gasteiger partial charge on any atom is 0.126 e. The van der Waals surface area contributed by atoms with Crippen LogP contribution in [-0.4, -0.2) is 10.7 Å². The Labute approximate surface area is 87.7 Å². The molecule has 0 saturated heterocycles. The van der Waals surface area contributed by atoms with Crippen molar-refractivity contribution in [3.63, 3.8) is 0 Å². The quantitative estimate of drug-likeness (QED) is 0.799. The van der Waals surface area contributed by atoms with Crippen molar-refractivity contribution in [1.82, 2.24) is 0 Å². The van der Waals surface area contributed by atoms with Gasteiger partial charge >= 0.3 is 0 Å². The first-order chi connectivity index (χ1) is 6.98. The Morgan fingerprint density at radius 3 is 2.67 bits per heavy atom. The number of benzene rings is 1. The van der Waals surface area contributed by atoms with E-state index in [9.17, 15) is 13.9 Å². The Morgan fingerprint density at radius 1 is 1.40 bits per heavy atom. The van der Waals surface area contributed by atoms with Crippen LogP contribution in [0.25, 0.3) is 0 Å². The van der Waals surface area contributed by atoms with Gasteiger partial charge in [0.25, 0.3) is 0 Å². The second kappa shape index (κ2) is 3.56. The van der Waals surface area contributed by atoms with Gasteiger partial charge in [0, 0.05) is 6.42 Å². The number of hydrogen-bond acceptors (Lipinski definition) is 1. The summed E-state index contributed by atoms with van der Waals surface area (Å²) in [5, 5.41) is 9.96. The topological polar surface area (TPSA) is 20.2 Å². The van der Waals surface area contributed by atoms with E-state index in [1.54, 1.807) is 0 Å². The predicted molar refractivity (Wildman–Crippen MR) is 53.4 cm³/mol. The summed E-state index contributed by atoms with van der Waals surface area (Å²) in [6.07, 6.45) is 1.55. The van der Waals surface area contributed by atoms with Crippen molar-refractivity contribution in [2.24, 2.45) is 5.92 Å². The summed E-state index contributed by atoms with van der Waals surface area (Å²) in [5.41, 5.74) is -0.557. The first-order valence-corrected chi connectivity index (χ1v) is 5.15. The predicted octanol–water partition coefficient (Wildman–Crippen LogP) is 2.67. The van der Waals surface area contributed by atoms with Gasteiger partial charge in [-0.25, -0.2) is 8.78 Å². The average Bonchev–Trinajstić information content (AvgIpc) is 2.09. The molecule has 0 atom stereocenters. The van der Waals surface area contributed by atoms with Gasteiger partial charge in [0.1, 0.15) is 11.6 Å². The molecule has 0 spiro atoms. The van der Waals surface area contributed by atoms with Crippen molar-refractivity contribution < 1.29 is 13.9 Å². The monoisotopic (exact) mass is 212 g/mol. The van der Waals surface area contributed by atoms with Gasteiger partial charge in [-0.15, -0.1) is 0 Å². The second-order valence-electron chi connectivity index (χ2n) is 4.65. The Balaban J connectivity index is 2.14. The van der Waals surface area contributed by atoms with Gasteiger partial charge in [0.15, 0.2) is 0 Å². The van der Waals surface area contributed by atoms with Crippen molar-refractivity contribution in [3.05, 3.63) is 35.4 Å². The first-order valence-electron chi connectivity index (χ1n) is 5.15. The molecule has 82 valence electrons. The zero-order valence-corrected chi connectivity index (χ0v) is 8.63. The van der Waals surface area contributed by atoms with Crippen molar-refractivity contribution >= 4 is 0 Å². The largest absolute Gasteiger partial charge is 0.390 e. The van der Waals surface area contributed by atoms with E-state index in [2.05, 4.69) is 0 Å². The van der Waals surface area contributed by atoms with Crippen LogP contribution in [-0.2, 0) is 6.42 Å². The van der Waals surface area contributed by atoms with Crippen LogP contribution in [0, 0.1) is 17.6 Å². The minimum Gasteiger partial charge on any atom is -0.390 e. The van der Waals surface area contributed by atoms with E-state index in [0.717, 1.165) is 18.2 Å². The number of halogens is 2. The minimum atomic E-state index is -0.825. The smallest absolute Gasteiger partial charge is 0.126 e. The number of hydrogen-bond donors (Lipinski definition) is 1. The molecule has 1 aliphatic carbocycles. The number of rotatable bonds is 2. The molecule has 2 rings (SSSR count). The lowest BCUT2D eigenvalue weighted by Gasteiger charge is -2.42. The first kappa shape index (κ1) is 10.6. The van der Waals surface area contributed by atoms with E-state index in [-0.39, 0.29) is 12.0 Å². The lowest BCUT2D eigenvalue weighted by Crippen LogP contribution is -2.44. The van der Waals surface area contributed by atoms with Gasteiger partial charge in [0.05, 0.1) is 5.60 Å². The maximum atomic E-state index is 13.3. The zero-order valence-electron chi connectivity index (χ0n) is 8.63. The molecule has 0 unspecified atom stereocenters. The van der Waals surface area contributed by atoms with Crippen LogP contribution in [0.2, 0.25) is 0 Å². The molecular formula is C12H14F2O. The summed E-state index contributed by atoms with van der Waals surface area (Å²) in [7, 11) is 0. The second-order valence-corrected chi connectivity index (χ2v) is 4.65. The maximum absolute atomic E-state index is 13.3. The van der Waals surface area contributed by atoms with Gasteiger partial charge in [-0.1, -0.05) is 6.92 Å². The standard InChI is InChI=1S/C12H14F2O/c1-8-5-12(15,6-8)7-9-4-10(13)2-3-11(9)14/h2-4,8,15H,5-7H2,1H3. The highest BCUT2D eigenvalue weighted by Gasteiger charge is 2.40. The molecular weight excluding hydrogens is 198 g/mol. The molecule has 1 N–H and O–H groups in total. The molecule has 0 radical (unpaired) electrons. The van der Waals surface area contributed by atoms with Crippen LogP contribution >= 0.6 is 0 Å². The molecule has 0 amide bonds. The van der Waals surface area contributed by atoms with E-state index in [0.29, 0.717) is 18.8 Å². The Bertz CT molecular complexity index is 370. The summed E-state index contributed by atoms with van der Waals surface area (Å²) in [6, 6.07) is 3.36. The molecule has 1 fully saturated rings. The molecule has 1 nitrogen and oxygen atoms in total. The summed E-state index contributed by atoms with van der Waals surface area (Å²) in [6.45, 7) is 2.04. The summed E-state index contributed by atoms with van der Waals surface area (Å²) >= 11 is 0. The van der Waals surface area contributed by atoms with Crippen molar-refractivity contribution in [2.75, 3.05) is 0 Å². The van der Waals surface area contributed by atoms with Crippen LogP contribution in [0.5, 0.6) is 0 Å². The molecule has 0 bridgehead atoms. The van der Waals surface area contributed by atoms with Crippen molar-refractivity contribution in [1.29, 1.82) is 0 Å². The highest BCUT2D eigenvalue weighted by molar-refractivity contribution is 5.21. The highest BCUT2D eigenvalue weighted by atomic mass is 19.1. The van der Waals surface area contributed by atoms with Crippen LogP contribution in [0.3, 0.4) is 0 Å². The zero-order chi connectivity index (χ0) is 11.1. The minimum absolute atomic E-state index is 0.209. The number of aliphatic hydroxyl groups is 1. The fourth-order valence-electron chi connectivity index (χ4n) is 2.42. The molecule has 0 aromatic heterocycles. The molecule has 15 heavy (non-hydrogen) atoms. The van der Waals surface area contributed by atoms with E-state index in [4.69, 9.17) is 0 Å². The third kappa shape index (κ3) is 2.17. The van der Waals surface area contributed by atoms with Gasteiger partial charge in [-0.2, -0.15) is 0 Å². The van der Waals surface area contributed by atoms with E-state index in [1.165, 1.54) is 0 Å². The summed E-state index contributed by atoms with van der Waals surface area (Å²) in [5.74, 6) is -0.418. The fourth-order valence-corrected chi connectivity index (χ4v) is 2.42. The van der Waals surface area contributed by atoms with Crippen molar-refractivity contribution in [2.45, 2.75) is 31.8 Å². The molecule has 1 aromatic rings. The molecule has 3 heteroatoms. The molecule has 0 aliphatic heterocycles. The molecule has 1 aromatic carbocycles. The van der Waals surface area contributed by atoms with E-state index in [1.807, 2.05) is 6.92 Å². The Kier molecular flexibility index (Phi) is 2.51. The van der Waals surface area contributed by atoms with Gasteiger partial charge in [-0.3, -0.25) is 0 Å². The normalized spacial score (nSPS) is 30.0. The molecule has 1 saturated carbocycles. The molecule has 0 heterocycles. The average molecular weight is 212 g/mol. The molecule has 1 aliphatic rings. The lowest BCUT2D eigenvalue weighted by atomic mass is 9.69. The van der Waals surface area contributed by atoms with E-state index < -0.39 is 17.2 Å². The van der Waals surface area contributed by atoms with Crippen LogP contribution in [0.1, 0.15) is 25.3 Å². The van der Waals surface area contributed by atoms with Crippen molar-refractivity contribution in [3.8, 4) is 0 Å². The van der Waals surface area contributed by atoms with E-state index >= 15 is 0 Å². The third-order valence-electron chi connectivity index (χ3n) is 2.98. The Morgan fingerprint density at radius 2 is 2.07 bits per heavy atom. The summed E-state index contributed by atoms with van der Waals surface area (Å²) in [4.78, 5) is 0. The SMILES string of the molecule is CC1CC(O)(Cc2cc(F)ccc2F)C1. The van der Waals surface area contributed by atoms with Gasteiger partial charge < -0.3 is 5.11 Å². The van der Waals surface area contributed by atoms with Crippen LogP contribution in [0.15, 0.2) is 18.2 Å². The van der Waals surface area contributed by atoms with Gasteiger partial charge in [0.2, 0.25) is 0 Å².